The van der Waals surface area contributed by atoms with Crippen molar-refractivity contribution < 1.29 is 43.6 Å². The molecular formula is C28H56B2N3O9P3. The molecule has 3 fully saturated rings. The van der Waals surface area contributed by atoms with Crippen molar-refractivity contribution in [1.29, 1.82) is 0 Å². The van der Waals surface area contributed by atoms with Crippen molar-refractivity contribution in [3.63, 3.8) is 0 Å². The molecule has 0 aromatic heterocycles. The number of rotatable bonds is 6. The van der Waals surface area contributed by atoms with Crippen molar-refractivity contribution in [1.82, 2.24) is 14.7 Å². The van der Waals surface area contributed by atoms with Crippen molar-refractivity contribution in [3.05, 3.63) is 35.7 Å². The smallest absolute Gasteiger partial charge is 0.134 e. The molecule has 3 aliphatic rings. The van der Waals surface area contributed by atoms with Gasteiger partial charge in [-0.15, -0.1) is 0 Å². The molecule has 0 saturated carbocycles. The van der Waals surface area contributed by atoms with Crippen LogP contribution in [0, 0.1) is 0 Å². The zero-order chi connectivity index (χ0) is 33.7. The zero-order valence-corrected chi connectivity index (χ0v) is 29.1. The number of likely N-dealkylation sites (N-methyl/N-ethyl adjacent to an activating group) is 3. The summed E-state index contributed by atoms with van der Waals surface area (Å²) in [5, 5.41) is 0. The first kappa shape index (κ1) is 44.8. The molecule has 4 radical (unpaired) electrons. The maximum Gasteiger partial charge on any atom is 0.134 e. The van der Waals surface area contributed by atoms with Crippen LogP contribution in [-0.2, 0) is 14.2 Å². The van der Waals surface area contributed by atoms with Gasteiger partial charge in [-0.2, -0.15) is 0 Å². The lowest BCUT2D eigenvalue weighted by Gasteiger charge is -2.33. The average molecular weight is 693 g/mol. The predicted octanol–water partition coefficient (Wildman–Crippen LogP) is 1.08. The van der Waals surface area contributed by atoms with E-state index < -0.39 is 22.0 Å². The van der Waals surface area contributed by atoms with Gasteiger partial charge in [0.15, 0.2) is 0 Å². The summed E-state index contributed by atoms with van der Waals surface area (Å²) in [4.78, 5) is 61.0. The molecule has 258 valence electrons. The van der Waals surface area contributed by atoms with Crippen LogP contribution in [0.15, 0.2) is 35.7 Å². The Bertz CT molecular complexity index is 1060. The molecule has 3 saturated heterocycles. The highest BCUT2D eigenvalue weighted by atomic mass is 31.2. The third-order valence-corrected chi connectivity index (χ3v) is 8.31. The van der Waals surface area contributed by atoms with Gasteiger partial charge in [0.1, 0.15) is 37.7 Å². The number of hydrogen-bond donors (Lipinski definition) is 6. The van der Waals surface area contributed by atoms with Crippen LogP contribution < -0.4 is 0 Å². The predicted molar refractivity (Wildman–Crippen MR) is 194 cm³/mol. The standard InChI is InChI=1S/2C9H17BNO3P.C9H18NO3P.CH4/c1-11-5-3-9(10)14-8(7-11)4-6-15(2,12)13;1-11-5-3-8(14-9(10)7-11)4-6-15(2,12)13;1-8-6-10(2)7-9(13-8)4-5-14(3,11)12;/h2*4,6,8-9,12-13H,2-3,5,7H2,1H3;4-5,8-9,11-12H,3,6-7H2,1-2H3;1H4/b2*6-4+;5-4+;. The molecule has 3 rings (SSSR count). The fourth-order valence-electron chi connectivity index (χ4n) is 4.42. The maximum atomic E-state index is 9.12. The molecular weight excluding hydrogens is 637 g/mol. The van der Waals surface area contributed by atoms with E-state index in [-0.39, 0.29) is 43.8 Å². The van der Waals surface area contributed by atoms with Crippen LogP contribution in [0.1, 0.15) is 27.2 Å². The largest absolute Gasteiger partial charge is 0.379 e. The Kier molecular flexibility index (Phi) is 20.9. The lowest BCUT2D eigenvalue weighted by molar-refractivity contribution is -0.0467. The van der Waals surface area contributed by atoms with Gasteiger partial charge >= 0.3 is 0 Å². The molecule has 3 aliphatic heterocycles. The van der Waals surface area contributed by atoms with Gasteiger partial charge < -0.3 is 58.3 Å². The van der Waals surface area contributed by atoms with E-state index in [1.165, 1.54) is 17.5 Å². The molecule has 0 spiro atoms. The molecule has 17 heteroatoms. The zero-order valence-electron chi connectivity index (χ0n) is 26.5. The SMILES string of the molecule is C.C=P(O)(O)/C=C/C1CN(C)CC(C)O1.[B]C1CCN(C)CC(/C=C/P(=C)(O)O)O1.[B]C1CN(C)CCC(/C=C/P(=C)(O)O)O1. The Morgan fingerprint density at radius 3 is 1.49 bits per heavy atom. The summed E-state index contributed by atoms with van der Waals surface area (Å²) in [6.07, 6.45) is 16.0. The fourth-order valence-corrected chi connectivity index (χ4v) is 5.83. The second-order valence-electron chi connectivity index (χ2n) is 11.6. The van der Waals surface area contributed by atoms with Crippen molar-refractivity contribution in [3.8, 4) is 0 Å². The topological polar surface area (TPSA) is 159 Å². The number of nitrogens with zero attached hydrogens (tertiary/aromatic N) is 3. The molecule has 0 aromatic rings. The maximum absolute atomic E-state index is 9.12. The van der Waals surface area contributed by atoms with Crippen molar-refractivity contribution in [2.45, 2.75) is 63.6 Å². The van der Waals surface area contributed by atoms with Crippen LogP contribution in [0.4, 0.5) is 0 Å². The number of morpholine rings is 1. The van der Waals surface area contributed by atoms with Crippen LogP contribution >= 0.6 is 22.0 Å². The van der Waals surface area contributed by atoms with Crippen LogP contribution in [-0.4, -0.2) is 175 Å². The molecule has 0 aliphatic carbocycles. The third-order valence-electron chi connectivity index (χ3n) is 6.36. The Morgan fingerprint density at radius 2 is 1.00 bits per heavy atom. The quantitative estimate of drug-likeness (QED) is 0.174. The Balaban J connectivity index is 0.000000639. The molecule has 0 aromatic carbocycles. The first-order valence-corrected chi connectivity index (χ1v) is 20.1. The lowest BCUT2D eigenvalue weighted by atomic mass is 9.97. The van der Waals surface area contributed by atoms with E-state index >= 15 is 0 Å². The van der Waals surface area contributed by atoms with Crippen LogP contribution in [0.3, 0.4) is 0 Å². The summed E-state index contributed by atoms with van der Waals surface area (Å²) in [7, 11) is 8.16. The molecule has 6 unspecified atom stereocenters. The lowest BCUT2D eigenvalue weighted by Crippen LogP contribution is -2.43. The summed E-state index contributed by atoms with van der Waals surface area (Å²) in [5.74, 6) is 3.97. The summed E-state index contributed by atoms with van der Waals surface area (Å²) < 4.78 is 16.6. The van der Waals surface area contributed by atoms with Crippen LogP contribution in [0.5, 0.6) is 0 Å². The average Bonchev–Trinajstić information content (AvgIpc) is 3.12. The number of ether oxygens (including phenoxy) is 3. The second-order valence-corrected chi connectivity index (χ2v) is 17.2. The van der Waals surface area contributed by atoms with E-state index in [2.05, 4.69) is 33.6 Å². The van der Waals surface area contributed by atoms with E-state index in [4.69, 9.17) is 59.3 Å². The van der Waals surface area contributed by atoms with Crippen molar-refractivity contribution >= 4 is 56.6 Å². The fraction of sp³-hybridized carbons (Fsp3) is 0.679. The molecule has 12 nitrogen and oxygen atoms in total. The molecule has 3 heterocycles. The summed E-state index contributed by atoms with van der Waals surface area (Å²) in [5.41, 5.74) is 0. The van der Waals surface area contributed by atoms with E-state index in [0.29, 0.717) is 13.1 Å². The Labute approximate surface area is 274 Å². The highest BCUT2D eigenvalue weighted by molar-refractivity contribution is 7.66. The summed E-state index contributed by atoms with van der Waals surface area (Å²) in [6.45, 7) is 6.84. The molecule has 45 heavy (non-hydrogen) atoms. The Hall–Kier alpha value is -0.230. The minimum atomic E-state index is -3.11. The summed E-state index contributed by atoms with van der Waals surface area (Å²) >= 11 is 0. The Morgan fingerprint density at radius 1 is 0.600 bits per heavy atom. The molecule has 6 atom stereocenters. The monoisotopic (exact) mass is 693 g/mol. The van der Waals surface area contributed by atoms with Crippen molar-refractivity contribution in [2.24, 2.45) is 0 Å². The first-order valence-electron chi connectivity index (χ1n) is 14.3. The molecule has 0 amide bonds. The minimum Gasteiger partial charge on any atom is -0.379 e. The van der Waals surface area contributed by atoms with E-state index in [9.17, 15) is 0 Å². The number of hydrogen-bond acceptors (Lipinski definition) is 12. The van der Waals surface area contributed by atoms with Crippen LogP contribution in [0.2, 0.25) is 0 Å². The van der Waals surface area contributed by atoms with Crippen LogP contribution in [0.25, 0.3) is 0 Å². The van der Waals surface area contributed by atoms with Gasteiger partial charge in [-0.3, -0.25) is 0 Å². The molecule has 6 N–H and O–H groups in total. The van der Waals surface area contributed by atoms with E-state index in [1.807, 2.05) is 28.1 Å². The summed E-state index contributed by atoms with van der Waals surface area (Å²) in [6, 6.07) is -0.624. The van der Waals surface area contributed by atoms with E-state index in [1.54, 1.807) is 18.2 Å². The second kappa shape index (κ2) is 21.0. The van der Waals surface area contributed by atoms with Gasteiger partial charge in [-0.25, -0.2) is 0 Å². The van der Waals surface area contributed by atoms with Gasteiger partial charge in [0.2, 0.25) is 0 Å². The van der Waals surface area contributed by atoms with E-state index in [0.717, 1.165) is 39.0 Å². The van der Waals surface area contributed by atoms with Gasteiger partial charge in [0.05, 0.1) is 24.4 Å². The highest BCUT2D eigenvalue weighted by Gasteiger charge is 2.21. The normalized spacial score (nSPS) is 30.1. The molecule has 0 bridgehead atoms. The van der Waals surface area contributed by atoms with Gasteiger partial charge in [-0.1, -0.05) is 13.5 Å². The van der Waals surface area contributed by atoms with Gasteiger partial charge in [0.25, 0.3) is 0 Å². The van der Waals surface area contributed by atoms with Gasteiger partial charge in [-0.05, 0) is 96.0 Å². The third kappa shape index (κ3) is 24.6. The van der Waals surface area contributed by atoms with Gasteiger partial charge in [0, 0.05) is 44.7 Å². The van der Waals surface area contributed by atoms with Crippen molar-refractivity contribution in [2.75, 3.05) is 60.4 Å². The minimum absolute atomic E-state index is 0. The highest BCUT2D eigenvalue weighted by Crippen LogP contribution is 2.37. The first-order chi connectivity index (χ1) is 20.1.